The number of amides is 2. The van der Waals surface area contributed by atoms with Gasteiger partial charge in [-0.2, -0.15) is 0 Å². The van der Waals surface area contributed by atoms with Gasteiger partial charge in [-0.1, -0.05) is 20.8 Å². The molecule has 0 fully saturated rings. The lowest BCUT2D eigenvalue weighted by Gasteiger charge is -2.25. The average Bonchev–Trinajstić information content (AvgIpc) is 2.87. The summed E-state index contributed by atoms with van der Waals surface area (Å²) in [6.07, 6.45) is 1.37. The second kappa shape index (κ2) is 7.09. The topological polar surface area (TPSA) is 91.6 Å². The number of hydrogen-bond acceptors (Lipinski definition) is 4. The summed E-state index contributed by atoms with van der Waals surface area (Å²) in [4.78, 5) is 23.0. The minimum atomic E-state index is -0.716. The van der Waals surface area contributed by atoms with Crippen molar-refractivity contribution in [2.45, 2.75) is 39.8 Å². The van der Waals surface area contributed by atoms with E-state index in [2.05, 4.69) is 10.6 Å². The normalized spacial score (nSPS) is 12.8. The Labute approximate surface area is 118 Å². The van der Waals surface area contributed by atoms with Crippen LogP contribution >= 0.6 is 0 Å². The van der Waals surface area contributed by atoms with Crippen LogP contribution in [0.2, 0.25) is 0 Å². The summed E-state index contributed by atoms with van der Waals surface area (Å²) in [6.45, 7) is 6.16. The van der Waals surface area contributed by atoms with Gasteiger partial charge < -0.3 is 20.2 Å². The number of aliphatic hydroxyl groups excluding tert-OH is 1. The van der Waals surface area contributed by atoms with Crippen LogP contribution in [0.5, 0.6) is 0 Å². The zero-order valence-electron chi connectivity index (χ0n) is 12.1. The Morgan fingerprint density at radius 3 is 2.50 bits per heavy atom. The van der Waals surface area contributed by atoms with Crippen molar-refractivity contribution in [1.29, 1.82) is 0 Å². The van der Waals surface area contributed by atoms with Crippen molar-refractivity contribution in [3.8, 4) is 0 Å². The van der Waals surface area contributed by atoms with E-state index in [0.29, 0.717) is 12.2 Å². The maximum Gasteiger partial charge on any atom is 0.309 e. The number of rotatable bonds is 5. The fourth-order valence-electron chi connectivity index (χ4n) is 1.50. The Kier molecular flexibility index (Phi) is 5.76. The molecule has 1 heterocycles. The van der Waals surface area contributed by atoms with E-state index in [0.717, 1.165) is 0 Å². The quantitative estimate of drug-likeness (QED) is 0.697. The summed E-state index contributed by atoms with van der Waals surface area (Å²) in [7, 11) is 0. The SMILES string of the molecule is CC(C)(C)C(O)CCNC(=O)C(=O)NCc1ccco1. The van der Waals surface area contributed by atoms with Crippen LogP contribution in [0.25, 0.3) is 0 Å². The van der Waals surface area contributed by atoms with E-state index in [9.17, 15) is 14.7 Å². The molecule has 6 nitrogen and oxygen atoms in total. The summed E-state index contributed by atoms with van der Waals surface area (Å²) in [5.41, 5.74) is -0.244. The Balaban J connectivity index is 2.23. The molecule has 112 valence electrons. The van der Waals surface area contributed by atoms with E-state index in [4.69, 9.17) is 4.42 Å². The van der Waals surface area contributed by atoms with Crippen molar-refractivity contribution >= 4 is 11.8 Å². The van der Waals surface area contributed by atoms with Crippen LogP contribution in [0.1, 0.15) is 33.0 Å². The van der Waals surface area contributed by atoms with Gasteiger partial charge in [0.2, 0.25) is 0 Å². The lowest BCUT2D eigenvalue weighted by Crippen LogP contribution is -2.41. The molecule has 0 aliphatic heterocycles. The molecule has 1 unspecified atom stereocenters. The number of aliphatic hydroxyl groups is 1. The van der Waals surface area contributed by atoms with E-state index in [-0.39, 0.29) is 18.5 Å². The van der Waals surface area contributed by atoms with Gasteiger partial charge in [0, 0.05) is 6.54 Å². The maximum absolute atomic E-state index is 11.5. The molecule has 0 aromatic carbocycles. The molecule has 6 heteroatoms. The van der Waals surface area contributed by atoms with Crippen LogP contribution in [0.3, 0.4) is 0 Å². The lowest BCUT2D eigenvalue weighted by atomic mass is 9.87. The molecule has 1 aromatic heterocycles. The Bertz CT molecular complexity index is 435. The summed E-state index contributed by atoms with van der Waals surface area (Å²) in [5.74, 6) is -0.849. The molecule has 0 spiro atoms. The van der Waals surface area contributed by atoms with Gasteiger partial charge in [-0.3, -0.25) is 9.59 Å². The first-order valence-corrected chi connectivity index (χ1v) is 6.57. The number of nitrogens with one attached hydrogen (secondary N) is 2. The summed E-state index contributed by atoms with van der Waals surface area (Å²) in [5, 5.41) is 14.7. The monoisotopic (exact) mass is 282 g/mol. The van der Waals surface area contributed by atoms with Gasteiger partial charge in [0.05, 0.1) is 18.9 Å². The van der Waals surface area contributed by atoms with Gasteiger partial charge in [0.15, 0.2) is 0 Å². The van der Waals surface area contributed by atoms with Crippen LogP contribution in [-0.2, 0) is 16.1 Å². The number of hydrogen-bond donors (Lipinski definition) is 3. The molecule has 0 aliphatic rings. The maximum atomic E-state index is 11.5. The molecule has 0 bridgehead atoms. The van der Waals surface area contributed by atoms with Crippen molar-refractivity contribution in [1.82, 2.24) is 10.6 Å². The number of furan rings is 1. The second-order valence-corrected chi connectivity index (χ2v) is 5.69. The first kappa shape index (κ1) is 16.2. The molecule has 0 aliphatic carbocycles. The Hall–Kier alpha value is -1.82. The highest BCUT2D eigenvalue weighted by Gasteiger charge is 2.22. The molecular formula is C14H22N2O4. The van der Waals surface area contributed by atoms with Crippen molar-refractivity contribution in [3.05, 3.63) is 24.2 Å². The molecule has 20 heavy (non-hydrogen) atoms. The average molecular weight is 282 g/mol. The van der Waals surface area contributed by atoms with Crippen LogP contribution in [0, 0.1) is 5.41 Å². The van der Waals surface area contributed by atoms with Crippen LogP contribution < -0.4 is 10.6 Å². The smallest absolute Gasteiger partial charge is 0.309 e. The second-order valence-electron chi connectivity index (χ2n) is 5.69. The molecule has 1 aromatic rings. The van der Waals surface area contributed by atoms with Gasteiger partial charge in [0.25, 0.3) is 0 Å². The number of carbonyl (C=O) groups is 2. The van der Waals surface area contributed by atoms with E-state index >= 15 is 0 Å². The largest absolute Gasteiger partial charge is 0.467 e. The standard InChI is InChI=1S/C14H22N2O4/c1-14(2,3)11(17)6-7-15-12(18)13(19)16-9-10-5-4-8-20-10/h4-5,8,11,17H,6-7,9H2,1-3H3,(H,15,18)(H,16,19). The van der Waals surface area contributed by atoms with Gasteiger partial charge in [-0.25, -0.2) is 0 Å². The molecule has 0 saturated carbocycles. The predicted molar refractivity (Wildman–Crippen MR) is 73.6 cm³/mol. The van der Waals surface area contributed by atoms with Gasteiger partial charge in [-0.15, -0.1) is 0 Å². The van der Waals surface area contributed by atoms with E-state index in [1.807, 2.05) is 20.8 Å². The van der Waals surface area contributed by atoms with Crippen molar-refractivity contribution in [2.75, 3.05) is 6.54 Å². The lowest BCUT2D eigenvalue weighted by molar-refractivity contribution is -0.139. The van der Waals surface area contributed by atoms with E-state index < -0.39 is 17.9 Å². The van der Waals surface area contributed by atoms with Crippen LogP contribution in [0.4, 0.5) is 0 Å². The van der Waals surface area contributed by atoms with Gasteiger partial charge in [-0.05, 0) is 24.0 Å². The van der Waals surface area contributed by atoms with Crippen molar-refractivity contribution in [2.24, 2.45) is 5.41 Å². The highest BCUT2D eigenvalue weighted by molar-refractivity contribution is 6.35. The molecule has 0 radical (unpaired) electrons. The van der Waals surface area contributed by atoms with E-state index in [1.165, 1.54) is 6.26 Å². The molecular weight excluding hydrogens is 260 g/mol. The number of carbonyl (C=O) groups excluding carboxylic acids is 2. The third-order valence-electron chi connectivity index (χ3n) is 2.91. The van der Waals surface area contributed by atoms with Gasteiger partial charge in [0.1, 0.15) is 5.76 Å². The van der Waals surface area contributed by atoms with Crippen LogP contribution in [0.15, 0.2) is 22.8 Å². The molecule has 0 saturated heterocycles. The van der Waals surface area contributed by atoms with Crippen LogP contribution in [-0.4, -0.2) is 29.6 Å². The third kappa shape index (κ3) is 5.44. The molecule has 1 rings (SSSR count). The highest BCUT2D eigenvalue weighted by atomic mass is 16.3. The zero-order valence-corrected chi connectivity index (χ0v) is 12.1. The minimum absolute atomic E-state index is 0.171. The van der Waals surface area contributed by atoms with Crippen molar-refractivity contribution < 1.29 is 19.1 Å². The Morgan fingerprint density at radius 2 is 1.95 bits per heavy atom. The zero-order chi connectivity index (χ0) is 15.2. The summed E-state index contributed by atoms with van der Waals surface area (Å²) >= 11 is 0. The summed E-state index contributed by atoms with van der Waals surface area (Å²) in [6, 6.07) is 3.41. The van der Waals surface area contributed by atoms with Gasteiger partial charge >= 0.3 is 11.8 Å². The predicted octanol–water partition coefficient (Wildman–Crippen LogP) is 0.809. The van der Waals surface area contributed by atoms with Crippen molar-refractivity contribution in [3.63, 3.8) is 0 Å². The minimum Gasteiger partial charge on any atom is -0.467 e. The highest BCUT2D eigenvalue weighted by Crippen LogP contribution is 2.20. The summed E-state index contributed by atoms with van der Waals surface area (Å²) < 4.78 is 5.03. The van der Waals surface area contributed by atoms with E-state index in [1.54, 1.807) is 12.1 Å². The first-order valence-electron chi connectivity index (χ1n) is 6.57. The molecule has 2 amide bonds. The molecule has 3 N–H and O–H groups in total. The first-order chi connectivity index (χ1) is 9.30. The fourth-order valence-corrected chi connectivity index (χ4v) is 1.50. The Morgan fingerprint density at radius 1 is 1.30 bits per heavy atom. The fraction of sp³-hybridized carbons (Fsp3) is 0.571. The third-order valence-corrected chi connectivity index (χ3v) is 2.91. The molecule has 1 atom stereocenters.